The Morgan fingerprint density at radius 2 is 1.81 bits per heavy atom. The van der Waals surface area contributed by atoms with E-state index in [9.17, 15) is 8.42 Å². The Bertz CT molecular complexity index is 1390. The average Bonchev–Trinajstić information content (AvgIpc) is 3.10. The Balaban J connectivity index is 1.83. The lowest BCUT2D eigenvalue weighted by atomic mass is 10.0. The average molecular weight is 456 g/mol. The quantitative estimate of drug-likeness (QED) is 0.426. The molecule has 6 nitrogen and oxygen atoms in total. The maximum Gasteiger partial charge on any atom is 0.175 e. The highest BCUT2D eigenvalue weighted by Gasteiger charge is 2.20. The van der Waals surface area contributed by atoms with Crippen LogP contribution in [0.5, 0.6) is 11.5 Å². The first-order chi connectivity index (χ1) is 14.6. The first-order valence-corrected chi connectivity index (χ1v) is 12.0. The van der Waals surface area contributed by atoms with Gasteiger partial charge in [-0.05, 0) is 54.4 Å². The molecule has 0 aliphatic heterocycles. The number of nitrogens with zero attached hydrogens (tertiary/aromatic N) is 2. The second-order valence-corrected chi connectivity index (χ2v) is 10.1. The molecule has 0 aliphatic carbocycles. The third kappa shape index (κ3) is 4.11. The molecule has 0 amide bonds. The molecule has 0 aliphatic rings. The van der Waals surface area contributed by atoms with Gasteiger partial charge in [-0.15, -0.1) is 0 Å². The fraction of sp³-hybridized carbons (Fsp3) is 0.174. The maximum atomic E-state index is 11.9. The van der Waals surface area contributed by atoms with Crippen molar-refractivity contribution < 1.29 is 13.2 Å². The zero-order chi connectivity index (χ0) is 22.3. The number of aromatic nitrogens is 2. The zero-order valence-corrected chi connectivity index (χ0v) is 18.9. The molecular formula is C23H22ClN3O3S. The number of halogens is 1. The second-order valence-electron chi connectivity index (χ2n) is 7.65. The third-order valence-electron chi connectivity index (χ3n) is 4.92. The fourth-order valence-electron chi connectivity index (χ4n) is 3.43. The molecule has 31 heavy (non-hydrogen) atoms. The van der Waals surface area contributed by atoms with Crippen molar-refractivity contribution in [1.29, 1.82) is 0 Å². The Kier molecular flexibility index (Phi) is 5.41. The predicted molar refractivity (Wildman–Crippen MR) is 124 cm³/mol. The molecule has 4 aromatic rings. The molecule has 0 unspecified atom stereocenters. The molecule has 4 rings (SSSR count). The van der Waals surface area contributed by atoms with E-state index in [1.807, 2.05) is 28.8 Å². The molecule has 0 saturated heterocycles. The summed E-state index contributed by atoms with van der Waals surface area (Å²) in [4.78, 5) is 4.95. The monoisotopic (exact) mass is 455 g/mol. The van der Waals surface area contributed by atoms with Gasteiger partial charge in [-0.25, -0.2) is 13.4 Å². The highest BCUT2D eigenvalue weighted by Crippen LogP contribution is 2.38. The minimum absolute atomic E-state index is 0.140. The first-order valence-electron chi connectivity index (χ1n) is 9.69. The van der Waals surface area contributed by atoms with Crippen LogP contribution < -0.4 is 10.5 Å². The molecule has 0 fully saturated rings. The number of nitrogen functional groups attached to an aromatic ring is 1. The number of imidazole rings is 1. The molecule has 2 aromatic heterocycles. The van der Waals surface area contributed by atoms with Gasteiger partial charge in [-0.3, -0.25) is 4.40 Å². The van der Waals surface area contributed by atoms with Crippen molar-refractivity contribution in [3.05, 3.63) is 71.5 Å². The molecule has 160 valence electrons. The molecule has 0 atom stereocenters. The van der Waals surface area contributed by atoms with Crippen molar-refractivity contribution in [2.75, 3.05) is 12.0 Å². The first kappa shape index (κ1) is 21.2. The van der Waals surface area contributed by atoms with Crippen LogP contribution >= 0.6 is 11.6 Å². The van der Waals surface area contributed by atoms with Crippen molar-refractivity contribution >= 4 is 32.8 Å². The molecule has 2 heterocycles. The van der Waals surface area contributed by atoms with E-state index >= 15 is 0 Å². The van der Waals surface area contributed by atoms with E-state index in [1.54, 1.807) is 24.3 Å². The van der Waals surface area contributed by atoms with Gasteiger partial charge in [0.05, 0.1) is 27.0 Å². The topological polar surface area (TPSA) is 86.7 Å². The van der Waals surface area contributed by atoms with Crippen LogP contribution in [0.25, 0.3) is 16.9 Å². The van der Waals surface area contributed by atoms with Crippen LogP contribution in [0.4, 0.5) is 5.69 Å². The van der Waals surface area contributed by atoms with Crippen molar-refractivity contribution in [3.63, 3.8) is 0 Å². The van der Waals surface area contributed by atoms with E-state index in [1.165, 1.54) is 12.1 Å². The SMILES string of the molecule is CC(C)c1nc2c(N)cccn2c1-c1cc(Oc2cccc(S(C)(=O)=O)c2)ccc1Cl. The van der Waals surface area contributed by atoms with Crippen LogP contribution in [0.1, 0.15) is 25.5 Å². The number of pyridine rings is 1. The zero-order valence-electron chi connectivity index (χ0n) is 17.3. The number of sulfone groups is 1. The number of rotatable bonds is 5. The van der Waals surface area contributed by atoms with Crippen molar-refractivity contribution in [3.8, 4) is 22.8 Å². The predicted octanol–water partition coefficient (Wildman–Crippen LogP) is 5.56. The highest BCUT2D eigenvalue weighted by molar-refractivity contribution is 7.90. The van der Waals surface area contributed by atoms with E-state index in [4.69, 9.17) is 27.1 Å². The van der Waals surface area contributed by atoms with Crippen LogP contribution in [0.3, 0.4) is 0 Å². The van der Waals surface area contributed by atoms with E-state index in [-0.39, 0.29) is 10.8 Å². The van der Waals surface area contributed by atoms with Gasteiger partial charge in [0.1, 0.15) is 11.5 Å². The summed E-state index contributed by atoms with van der Waals surface area (Å²) < 4.78 is 31.6. The highest BCUT2D eigenvalue weighted by atomic mass is 35.5. The third-order valence-corrected chi connectivity index (χ3v) is 6.36. The molecule has 2 aromatic carbocycles. The minimum atomic E-state index is -3.34. The van der Waals surface area contributed by atoms with Crippen molar-refractivity contribution in [1.82, 2.24) is 9.38 Å². The van der Waals surface area contributed by atoms with Crippen LogP contribution in [0.15, 0.2) is 65.7 Å². The smallest absolute Gasteiger partial charge is 0.175 e. The summed E-state index contributed by atoms with van der Waals surface area (Å²) in [5, 5.41) is 0.545. The van der Waals surface area contributed by atoms with Crippen LogP contribution in [0, 0.1) is 0 Å². The lowest BCUT2D eigenvalue weighted by Gasteiger charge is -2.13. The number of fused-ring (bicyclic) bond motifs is 1. The van der Waals surface area contributed by atoms with Gasteiger partial charge in [0.2, 0.25) is 0 Å². The summed E-state index contributed by atoms with van der Waals surface area (Å²) in [5.74, 6) is 1.09. The van der Waals surface area contributed by atoms with Gasteiger partial charge in [0.25, 0.3) is 0 Å². The number of benzene rings is 2. The summed E-state index contributed by atoms with van der Waals surface area (Å²) in [6, 6.07) is 15.4. The Morgan fingerprint density at radius 1 is 1.06 bits per heavy atom. The maximum absolute atomic E-state index is 11.9. The molecule has 2 N–H and O–H groups in total. The number of hydrogen-bond acceptors (Lipinski definition) is 5. The van der Waals surface area contributed by atoms with Crippen LogP contribution in [0.2, 0.25) is 5.02 Å². The summed E-state index contributed by atoms with van der Waals surface area (Å²) >= 11 is 6.59. The molecule has 0 bridgehead atoms. The van der Waals surface area contributed by atoms with Crippen molar-refractivity contribution in [2.45, 2.75) is 24.7 Å². The van der Waals surface area contributed by atoms with Gasteiger partial charge in [-0.2, -0.15) is 0 Å². The summed E-state index contributed by atoms with van der Waals surface area (Å²) in [6.45, 7) is 4.12. The van der Waals surface area contributed by atoms with Gasteiger partial charge < -0.3 is 10.5 Å². The van der Waals surface area contributed by atoms with Crippen LogP contribution in [-0.2, 0) is 9.84 Å². The van der Waals surface area contributed by atoms with Crippen LogP contribution in [-0.4, -0.2) is 24.1 Å². The molecule has 0 spiro atoms. The Hall–Kier alpha value is -3.03. The number of nitrogens with two attached hydrogens (primary N) is 1. The lowest BCUT2D eigenvalue weighted by Crippen LogP contribution is -1.98. The fourth-order valence-corrected chi connectivity index (χ4v) is 4.29. The number of hydrogen-bond donors (Lipinski definition) is 1. The molecule has 0 saturated carbocycles. The number of ether oxygens (including phenoxy) is 1. The van der Waals surface area contributed by atoms with E-state index in [0.29, 0.717) is 27.9 Å². The van der Waals surface area contributed by atoms with Gasteiger partial charge in [0, 0.05) is 18.0 Å². The summed E-state index contributed by atoms with van der Waals surface area (Å²) in [6.07, 6.45) is 3.07. The van der Waals surface area contributed by atoms with Gasteiger partial charge in [-0.1, -0.05) is 31.5 Å². The molecule has 0 radical (unpaired) electrons. The van der Waals surface area contributed by atoms with E-state index < -0.39 is 9.84 Å². The molecular weight excluding hydrogens is 434 g/mol. The summed E-state index contributed by atoms with van der Waals surface area (Å²) in [5.41, 5.74) is 9.86. The second kappa shape index (κ2) is 7.90. The standard InChI is InChI=1S/C23H22ClN3O3S/c1-14(2)21-22(27-11-5-8-20(25)23(27)26-21)18-13-16(9-10-19(18)24)30-15-6-4-7-17(12-15)31(3,28)29/h4-14H,25H2,1-3H3. The van der Waals surface area contributed by atoms with E-state index in [0.717, 1.165) is 23.2 Å². The molecule has 8 heteroatoms. The lowest BCUT2D eigenvalue weighted by molar-refractivity contribution is 0.481. The van der Waals surface area contributed by atoms with E-state index in [2.05, 4.69) is 13.8 Å². The minimum Gasteiger partial charge on any atom is -0.457 e. The largest absolute Gasteiger partial charge is 0.457 e. The van der Waals surface area contributed by atoms with Crippen molar-refractivity contribution in [2.24, 2.45) is 0 Å². The van der Waals surface area contributed by atoms with Gasteiger partial charge in [0.15, 0.2) is 15.5 Å². The summed E-state index contributed by atoms with van der Waals surface area (Å²) in [7, 11) is -3.34. The van der Waals surface area contributed by atoms with Gasteiger partial charge >= 0.3 is 0 Å². The Morgan fingerprint density at radius 3 is 2.52 bits per heavy atom. The number of anilines is 1. The Labute approximate surface area is 186 Å². The normalized spacial score (nSPS) is 11.9.